The Morgan fingerprint density at radius 3 is 2.41 bits per heavy atom. The van der Waals surface area contributed by atoms with Crippen molar-refractivity contribution in [1.29, 1.82) is 0 Å². The molecule has 1 aliphatic rings. The summed E-state index contributed by atoms with van der Waals surface area (Å²) in [6.07, 6.45) is 5.82. The molecule has 3 heterocycles. The second-order valence-electron chi connectivity index (χ2n) is 7.94. The topological polar surface area (TPSA) is 118 Å². The monoisotopic (exact) mass is 546 g/mol. The Morgan fingerprint density at radius 1 is 1.06 bits per heavy atom. The minimum absolute atomic E-state index is 0.0855. The minimum atomic E-state index is -3.43. The van der Waals surface area contributed by atoms with Gasteiger partial charge in [0.25, 0.3) is 5.91 Å². The van der Waals surface area contributed by atoms with E-state index in [0.717, 1.165) is 25.0 Å². The fourth-order valence-corrected chi connectivity index (χ4v) is 4.92. The lowest BCUT2D eigenvalue weighted by Crippen LogP contribution is -2.48. The largest absolute Gasteiger partial charge is 0.367 e. The summed E-state index contributed by atoms with van der Waals surface area (Å²) in [5, 5.41) is 6.92. The molecule has 3 aromatic rings. The van der Waals surface area contributed by atoms with Crippen molar-refractivity contribution in [3.63, 3.8) is 0 Å². The minimum Gasteiger partial charge on any atom is -0.367 e. The van der Waals surface area contributed by atoms with Gasteiger partial charge in [0.2, 0.25) is 5.91 Å². The van der Waals surface area contributed by atoms with Crippen LogP contribution in [-0.4, -0.2) is 72.3 Å². The molecule has 178 valence electrons. The Labute approximate surface area is 205 Å². The number of aromatic nitrogens is 3. The van der Waals surface area contributed by atoms with Crippen LogP contribution in [0.4, 0.5) is 11.4 Å². The highest BCUT2D eigenvalue weighted by Crippen LogP contribution is 2.23. The number of anilines is 2. The average Bonchev–Trinajstić information content (AvgIpc) is 3.29. The molecule has 34 heavy (non-hydrogen) atoms. The van der Waals surface area contributed by atoms with Gasteiger partial charge in [0, 0.05) is 55.7 Å². The van der Waals surface area contributed by atoms with Gasteiger partial charge >= 0.3 is 0 Å². The number of amides is 2. The number of nitrogens with zero attached hydrogens (tertiary/aromatic N) is 5. The molecule has 0 saturated carbocycles. The lowest BCUT2D eigenvalue weighted by atomic mass is 10.2. The van der Waals surface area contributed by atoms with Crippen LogP contribution < -0.4 is 10.2 Å². The van der Waals surface area contributed by atoms with Crippen molar-refractivity contribution in [2.45, 2.75) is 11.8 Å². The van der Waals surface area contributed by atoms with Crippen LogP contribution in [0.1, 0.15) is 17.3 Å². The highest BCUT2D eigenvalue weighted by molar-refractivity contribution is 9.10. The van der Waals surface area contributed by atoms with Crippen molar-refractivity contribution in [2.75, 3.05) is 42.7 Å². The summed E-state index contributed by atoms with van der Waals surface area (Å²) in [5.74, 6) is 0.207. The number of nitrogens with one attached hydrogen (secondary N) is 1. The van der Waals surface area contributed by atoms with Crippen molar-refractivity contribution in [2.24, 2.45) is 0 Å². The van der Waals surface area contributed by atoms with Crippen molar-refractivity contribution in [3.8, 4) is 5.82 Å². The summed E-state index contributed by atoms with van der Waals surface area (Å²) in [4.78, 5) is 32.7. The molecule has 1 N–H and O–H groups in total. The van der Waals surface area contributed by atoms with Crippen LogP contribution in [0.5, 0.6) is 0 Å². The van der Waals surface area contributed by atoms with Gasteiger partial charge in [0.15, 0.2) is 15.7 Å². The summed E-state index contributed by atoms with van der Waals surface area (Å²) in [5.41, 5.74) is 1.60. The van der Waals surface area contributed by atoms with Gasteiger partial charge in [-0.05, 0) is 30.3 Å². The molecule has 1 saturated heterocycles. The van der Waals surface area contributed by atoms with Crippen LogP contribution in [0.3, 0.4) is 0 Å². The van der Waals surface area contributed by atoms with Gasteiger partial charge in [-0.1, -0.05) is 15.9 Å². The molecular formula is C22H23BrN6O4S. The Balaban J connectivity index is 1.44. The number of piperazine rings is 1. The van der Waals surface area contributed by atoms with E-state index in [4.69, 9.17) is 0 Å². The van der Waals surface area contributed by atoms with Crippen molar-refractivity contribution in [3.05, 3.63) is 59.0 Å². The highest BCUT2D eigenvalue weighted by atomic mass is 79.9. The first-order valence-corrected chi connectivity index (χ1v) is 13.1. The number of halogens is 1. The summed E-state index contributed by atoms with van der Waals surface area (Å²) < 4.78 is 25.7. The van der Waals surface area contributed by atoms with E-state index in [0.29, 0.717) is 34.6 Å². The number of rotatable bonds is 5. The summed E-state index contributed by atoms with van der Waals surface area (Å²) >= 11 is 3.27. The van der Waals surface area contributed by atoms with Crippen LogP contribution in [0.2, 0.25) is 0 Å². The van der Waals surface area contributed by atoms with Gasteiger partial charge < -0.3 is 15.1 Å². The molecule has 2 aromatic heterocycles. The van der Waals surface area contributed by atoms with Crippen molar-refractivity contribution in [1.82, 2.24) is 19.7 Å². The first kappa shape index (κ1) is 23.9. The Kier molecular flexibility index (Phi) is 6.71. The third-order valence-corrected chi connectivity index (χ3v) is 7.01. The zero-order valence-electron chi connectivity index (χ0n) is 18.6. The quantitative estimate of drug-likeness (QED) is 0.521. The second-order valence-corrected chi connectivity index (χ2v) is 10.9. The van der Waals surface area contributed by atoms with E-state index in [1.54, 1.807) is 25.4 Å². The molecule has 0 bridgehead atoms. The molecule has 0 unspecified atom stereocenters. The van der Waals surface area contributed by atoms with Gasteiger partial charge in [0.1, 0.15) is 0 Å². The third kappa shape index (κ3) is 5.45. The molecule has 0 spiro atoms. The average molecular weight is 547 g/mol. The van der Waals surface area contributed by atoms with Crippen LogP contribution in [0.15, 0.2) is 58.3 Å². The molecule has 10 nitrogen and oxygen atoms in total. The van der Waals surface area contributed by atoms with Gasteiger partial charge in [-0.3, -0.25) is 9.59 Å². The first-order valence-electron chi connectivity index (χ1n) is 10.4. The SMILES string of the molecule is CC(=O)N1CCN(c2ccc(-n3cc(C(=O)Nc4cc(Br)cc(S(C)(=O)=O)c4)cn3)nc2)CC1. The highest BCUT2D eigenvalue weighted by Gasteiger charge is 2.19. The maximum atomic E-state index is 12.7. The normalized spacial score (nSPS) is 14.2. The molecule has 1 fully saturated rings. The molecule has 0 atom stereocenters. The Morgan fingerprint density at radius 2 is 1.79 bits per heavy atom. The number of pyridine rings is 1. The smallest absolute Gasteiger partial charge is 0.258 e. The lowest BCUT2D eigenvalue weighted by molar-refractivity contribution is -0.129. The Hall–Kier alpha value is -3.25. The van der Waals surface area contributed by atoms with Crippen LogP contribution in [0, 0.1) is 0 Å². The molecule has 1 aromatic carbocycles. The maximum Gasteiger partial charge on any atom is 0.258 e. The first-order chi connectivity index (χ1) is 16.1. The van der Waals surface area contributed by atoms with Gasteiger partial charge in [-0.25, -0.2) is 18.1 Å². The van der Waals surface area contributed by atoms with E-state index in [9.17, 15) is 18.0 Å². The fourth-order valence-electron chi connectivity index (χ4n) is 3.60. The van der Waals surface area contributed by atoms with E-state index in [-0.39, 0.29) is 10.8 Å². The lowest BCUT2D eigenvalue weighted by Gasteiger charge is -2.35. The van der Waals surface area contributed by atoms with E-state index < -0.39 is 15.7 Å². The van der Waals surface area contributed by atoms with E-state index in [2.05, 4.69) is 36.2 Å². The van der Waals surface area contributed by atoms with Crippen LogP contribution in [-0.2, 0) is 14.6 Å². The summed E-state index contributed by atoms with van der Waals surface area (Å²) in [7, 11) is -3.43. The number of benzene rings is 1. The molecule has 2 amide bonds. The predicted octanol–water partition coefficient (Wildman–Crippen LogP) is 2.35. The predicted molar refractivity (Wildman–Crippen MR) is 131 cm³/mol. The standard InChI is InChI=1S/C22H23BrN6O4S/c1-15(30)27-5-7-28(8-6-27)19-3-4-21(24-13-19)29-14-16(12-25-29)22(31)26-18-9-17(23)10-20(11-18)34(2,32)33/h3-4,9-14H,5-8H2,1-2H3,(H,26,31). The van der Waals surface area contributed by atoms with Gasteiger partial charge in [-0.15, -0.1) is 0 Å². The second kappa shape index (κ2) is 9.55. The van der Waals surface area contributed by atoms with Crippen molar-refractivity contribution < 1.29 is 18.0 Å². The molecule has 0 aliphatic carbocycles. The number of carbonyl (C=O) groups is 2. The Bertz CT molecular complexity index is 1330. The number of sulfone groups is 1. The molecule has 12 heteroatoms. The van der Waals surface area contributed by atoms with E-state index in [1.165, 1.54) is 23.0 Å². The molecule has 0 radical (unpaired) electrons. The number of hydrogen-bond acceptors (Lipinski definition) is 7. The fraction of sp³-hybridized carbons (Fsp3) is 0.273. The van der Waals surface area contributed by atoms with Gasteiger partial charge in [0.05, 0.1) is 28.5 Å². The van der Waals surface area contributed by atoms with Crippen LogP contribution >= 0.6 is 15.9 Å². The van der Waals surface area contributed by atoms with Crippen molar-refractivity contribution >= 4 is 49.0 Å². The van der Waals surface area contributed by atoms with Gasteiger partial charge in [-0.2, -0.15) is 5.10 Å². The third-order valence-electron chi connectivity index (χ3n) is 5.46. The van der Waals surface area contributed by atoms with Crippen LogP contribution in [0.25, 0.3) is 5.82 Å². The maximum absolute atomic E-state index is 12.7. The summed E-state index contributed by atoms with van der Waals surface area (Å²) in [6, 6.07) is 8.24. The molecular weight excluding hydrogens is 524 g/mol. The zero-order valence-corrected chi connectivity index (χ0v) is 21.0. The van der Waals surface area contributed by atoms with E-state index >= 15 is 0 Å². The summed E-state index contributed by atoms with van der Waals surface area (Å²) in [6.45, 7) is 4.42. The molecule has 1 aliphatic heterocycles. The zero-order chi connectivity index (χ0) is 24.5. The van der Waals surface area contributed by atoms with E-state index in [1.807, 2.05) is 17.0 Å². The number of hydrogen-bond donors (Lipinski definition) is 1. The molecule has 4 rings (SSSR count). The number of carbonyl (C=O) groups excluding carboxylic acids is 2.